The Labute approximate surface area is 90.9 Å². The molecule has 2 N–H and O–H groups in total. The van der Waals surface area contributed by atoms with Gasteiger partial charge in [-0.05, 0) is 40.0 Å². The third-order valence-corrected chi connectivity index (χ3v) is 3.01. The van der Waals surface area contributed by atoms with E-state index in [1.54, 1.807) is 0 Å². The minimum Gasteiger partial charge on any atom is -0.480 e. The van der Waals surface area contributed by atoms with Gasteiger partial charge in [-0.3, -0.25) is 9.69 Å². The van der Waals surface area contributed by atoms with Gasteiger partial charge in [0.2, 0.25) is 0 Å². The molecule has 0 aromatic carbocycles. The number of piperidine rings is 1. The number of nitrogens with zero attached hydrogens (tertiary/aromatic N) is 1. The number of likely N-dealkylation sites (tertiary alicyclic amines) is 1. The lowest BCUT2D eigenvalue weighted by atomic mass is 9.89. The lowest BCUT2D eigenvalue weighted by Gasteiger charge is -2.47. The van der Waals surface area contributed by atoms with Crippen LogP contribution in [0, 0.1) is 0 Å². The Hall–Kier alpha value is -0.610. The Morgan fingerprint density at radius 2 is 2.00 bits per heavy atom. The summed E-state index contributed by atoms with van der Waals surface area (Å²) in [6, 6.07) is -0.462. The van der Waals surface area contributed by atoms with Crippen LogP contribution >= 0.6 is 0 Å². The largest absolute Gasteiger partial charge is 0.480 e. The van der Waals surface area contributed by atoms with Gasteiger partial charge < -0.3 is 10.2 Å². The van der Waals surface area contributed by atoms with Crippen LogP contribution in [0.25, 0.3) is 0 Å². The maximum atomic E-state index is 11.1. The highest BCUT2D eigenvalue weighted by atomic mass is 16.4. The molecule has 0 radical (unpaired) electrons. The SMILES string of the molecule is CC(C)(C)N1[C@@H](CO)CCC[C@@H]1C(=O)O. The van der Waals surface area contributed by atoms with E-state index >= 15 is 0 Å². The quantitative estimate of drug-likeness (QED) is 0.723. The van der Waals surface area contributed by atoms with Gasteiger partial charge in [-0.15, -0.1) is 0 Å². The second-order valence-electron chi connectivity index (χ2n) is 5.20. The second kappa shape index (κ2) is 4.49. The van der Waals surface area contributed by atoms with Crippen LogP contribution in [0.5, 0.6) is 0 Å². The molecule has 0 unspecified atom stereocenters. The molecule has 4 heteroatoms. The van der Waals surface area contributed by atoms with Crippen molar-refractivity contribution in [3.05, 3.63) is 0 Å². The van der Waals surface area contributed by atoms with Gasteiger partial charge >= 0.3 is 5.97 Å². The van der Waals surface area contributed by atoms with Crippen molar-refractivity contribution in [3.8, 4) is 0 Å². The van der Waals surface area contributed by atoms with Crippen LogP contribution in [0.2, 0.25) is 0 Å². The Bertz CT molecular complexity index is 234. The predicted octanol–water partition coefficient (Wildman–Crippen LogP) is 1.08. The minimum atomic E-state index is -0.775. The topological polar surface area (TPSA) is 60.8 Å². The van der Waals surface area contributed by atoms with E-state index in [1.807, 2.05) is 25.7 Å². The van der Waals surface area contributed by atoms with Gasteiger partial charge in [0.25, 0.3) is 0 Å². The zero-order valence-electron chi connectivity index (χ0n) is 9.73. The molecule has 1 aliphatic heterocycles. The van der Waals surface area contributed by atoms with Crippen molar-refractivity contribution in [1.29, 1.82) is 0 Å². The summed E-state index contributed by atoms with van der Waals surface area (Å²) in [5.41, 5.74) is -0.211. The van der Waals surface area contributed by atoms with Crippen molar-refractivity contribution < 1.29 is 15.0 Å². The molecule has 0 spiro atoms. The monoisotopic (exact) mass is 215 g/mol. The van der Waals surface area contributed by atoms with Crippen molar-refractivity contribution in [1.82, 2.24) is 4.90 Å². The van der Waals surface area contributed by atoms with Crippen molar-refractivity contribution in [3.63, 3.8) is 0 Å². The molecule has 0 aromatic rings. The smallest absolute Gasteiger partial charge is 0.320 e. The average molecular weight is 215 g/mol. The number of aliphatic carboxylic acids is 1. The standard InChI is InChI=1S/C11H21NO3/c1-11(2,3)12-8(7-13)5-4-6-9(12)10(14)15/h8-9,13H,4-7H2,1-3H3,(H,14,15)/t8-,9-/m1/s1. The van der Waals surface area contributed by atoms with E-state index in [-0.39, 0.29) is 18.2 Å². The van der Waals surface area contributed by atoms with Crippen LogP contribution in [0.1, 0.15) is 40.0 Å². The van der Waals surface area contributed by atoms with Gasteiger partial charge in [0.1, 0.15) is 6.04 Å². The second-order valence-corrected chi connectivity index (χ2v) is 5.20. The van der Waals surface area contributed by atoms with E-state index in [2.05, 4.69) is 0 Å². The first-order valence-corrected chi connectivity index (χ1v) is 5.50. The van der Waals surface area contributed by atoms with E-state index in [0.717, 1.165) is 12.8 Å². The van der Waals surface area contributed by atoms with Gasteiger partial charge in [0.05, 0.1) is 6.61 Å². The molecule has 1 rings (SSSR count). The fourth-order valence-electron chi connectivity index (χ4n) is 2.52. The first-order valence-electron chi connectivity index (χ1n) is 5.50. The van der Waals surface area contributed by atoms with Crippen LogP contribution in [0.15, 0.2) is 0 Å². The summed E-state index contributed by atoms with van der Waals surface area (Å²) in [4.78, 5) is 13.1. The maximum Gasteiger partial charge on any atom is 0.320 e. The summed E-state index contributed by atoms with van der Waals surface area (Å²) in [5, 5.41) is 18.5. The normalized spacial score (nSPS) is 29.1. The van der Waals surface area contributed by atoms with Gasteiger partial charge in [-0.1, -0.05) is 0 Å². The van der Waals surface area contributed by atoms with Gasteiger partial charge in [0.15, 0.2) is 0 Å². The van der Waals surface area contributed by atoms with Gasteiger partial charge in [-0.25, -0.2) is 0 Å². The van der Waals surface area contributed by atoms with E-state index in [1.165, 1.54) is 0 Å². The van der Waals surface area contributed by atoms with Crippen LogP contribution in [0.4, 0.5) is 0 Å². The fraction of sp³-hybridized carbons (Fsp3) is 0.909. The number of aliphatic hydroxyl groups excluding tert-OH is 1. The van der Waals surface area contributed by atoms with E-state index < -0.39 is 12.0 Å². The number of hydrogen-bond acceptors (Lipinski definition) is 3. The first-order chi connectivity index (χ1) is 6.88. The van der Waals surface area contributed by atoms with Crippen LogP contribution in [0.3, 0.4) is 0 Å². The molecule has 0 bridgehead atoms. The Kier molecular flexibility index (Phi) is 3.73. The van der Waals surface area contributed by atoms with Crippen molar-refractivity contribution >= 4 is 5.97 Å². The molecule has 0 saturated carbocycles. The molecule has 2 atom stereocenters. The summed E-state index contributed by atoms with van der Waals surface area (Å²) in [5.74, 6) is -0.775. The Morgan fingerprint density at radius 3 is 2.40 bits per heavy atom. The van der Waals surface area contributed by atoms with E-state index in [0.29, 0.717) is 6.42 Å². The highest BCUT2D eigenvalue weighted by Gasteiger charge is 2.40. The zero-order chi connectivity index (χ0) is 11.6. The number of hydrogen-bond donors (Lipinski definition) is 2. The molecule has 1 fully saturated rings. The number of carboxylic acids is 1. The third-order valence-electron chi connectivity index (χ3n) is 3.01. The molecule has 0 aromatic heterocycles. The van der Waals surface area contributed by atoms with Crippen molar-refractivity contribution in [2.75, 3.05) is 6.61 Å². The van der Waals surface area contributed by atoms with Crippen molar-refractivity contribution in [2.24, 2.45) is 0 Å². The van der Waals surface area contributed by atoms with Crippen LogP contribution in [-0.2, 0) is 4.79 Å². The van der Waals surface area contributed by atoms with E-state index in [9.17, 15) is 9.90 Å². The Balaban J connectivity index is 2.91. The average Bonchev–Trinajstić information content (AvgIpc) is 2.15. The number of carbonyl (C=O) groups is 1. The molecule has 88 valence electrons. The van der Waals surface area contributed by atoms with Gasteiger partial charge in [0, 0.05) is 11.6 Å². The minimum absolute atomic E-state index is 0.0140. The molecular formula is C11H21NO3. The molecule has 1 saturated heterocycles. The fourth-order valence-corrected chi connectivity index (χ4v) is 2.52. The number of rotatable bonds is 2. The number of carboxylic acid groups (broad SMARTS) is 1. The predicted molar refractivity (Wildman–Crippen MR) is 57.7 cm³/mol. The van der Waals surface area contributed by atoms with Crippen molar-refractivity contribution in [2.45, 2.75) is 57.7 Å². The highest BCUT2D eigenvalue weighted by Crippen LogP contribution is 2.30. The van der Waals surface area contributed by atoms with Crippen LogP contribution < -0.4 is 0 Å². The molecule has 4 nitrogen and oxygen atoms in total. The summed E-state index contributed by atoms with van der Waals surface area (Å²) < 4.78 is 0. The molecule has 1 aliphatic rings. The zero-order valence-corrected chi connectivity index (χ0v) is 9.73. The molecular weight excluding hydrogens is 194 g/mol. The highest BCUT2D eigenvalue weighted by molar-refractivity contribution is 5.73. The van der Waals surface area contributed by atoms with Gasteiger partial charge in [-0.2, -0.15) is 0 Å². The molecule has 0 amide bonds. The first kappa shape index (κ1) is 12.5. The number of aliphatic hydroxyl groups is 1. The lowest BCUT2D eigenvalue weighted by molar-refractivity contribution is -0.151. The Morgan fingerprint density at radius 1 is 1.40 bits per heavy atom. The molecule has 15 heavy (non-hydrogen) atoms. The van der Waals surface area contributed by atoms with Crippen LogP contribution in [-0.4, -0.2) is 45.3 Å². The third kappa shape index (κ3) is 2.69. The molecule has 0 aliphatic carbocycles. The molecule has 1 heterocycles. The maximum absolute atomic E-state index is 11.1. The summed E-state index contributed by atoms with van der Waals surface area (Å²) >= 11 is 0. The summed E-state index contributed by atoms with van der Waals surface area (Å²) in [6.07, 6.45) is 2.45. The lowest BCUT2D eigenvalue weighted by Crippen LogP contribution is -2.59. The summed E-state index contributed by atoms with van der Waals surface area (Å²) in [7, 11) is 0. The summed E-state index contributed by atoms with van der Waals surface area (Å²) in [6.45, 7) is 6.03. The van der Waals surface area contributed by atoms with E-state index in [4.69, 9.17) is 5.11 Å².